The van der Waals surface area contributed by atoms with Crippen molar-refractivity contribution in [3.8, 4) is 0 Å². The minimum absolute atomic E-state index is 0.240. The maximum atomic E-state index is 11.6. The second-order valence-electron chi connectivity index (χ2n) is 10.1. The number of benzene rings is 1. The van der Waals surface area contributed by atoms with Gasteiger partial charge in [0, 0.05) is 23.7 Å². The third-order valence-electron chi connectivity index (χ3n) is 8.02. The summed E-state index contributed by atoms with van der Waals surface area (Å²) in [7, 11) is 0. The highest BCUT2D eigenvalue weighted by Crippen LogP contribution is 2.42. The molecule has 1 aliphatic carbocycles. The number of nitrogens with zero attached hydrogens (tertiary/aromatic N) is 2. The Labute approximate surface area is 187 Å². The normalized spacial score (nSPS) is 32.5. The number of aliphatic hydroxyl groups excluding tert-OH is 1. The summed E-state index contributed by atoms with van der Waals surface area (Å²) in [5.74, 6) is 1.39. The monoisotopic (exact) mass is 418 g/mol. The molecule has 0 saturated carbocycles. The predicted molar refractivity (Wildman–Crippen MR) is 128 cm³/mol. The van der Waals surface area contributed by atoms with Crippen molar-refractivity contribution >= 4 is 10.9 Å². The molecule has 1 aromatic carbocycles. The number of aromatic nitrogens is 1. The molecule has 5 aliphatic rings. The van der Waals surface area contributed by atoms with E-state index in [4.69, 9.17) is 4.98 Å². The summed E-state index contributed by atoms with van der Waals surface area (Å²) in [5, 5.41) is 12.7. The van der Waals surface area contributed by atoms with Gasteiger partial charge in [-0.2, -0.15) is 0 Å². The van der Waals surface area contributed by atoms with Crippen LogP contribution < -0.4 is 0 Å². The van der Waals surface area contributed by atoms with Crippen LogP contribution in [0.2, 0.25) is 0 Å². The van der Waals surface area contributed by atoms with Gasteiger partial charge in [0.25, 0.3) is 0 Å². The molecule has 3 saturated heterocycles. The molecule has 0 amide bonds. The highest BCUT2D eigenvalue weighted by Gasteiger charge is 2.42. The third-order valence-corrected chi connectivity index (χ3v) is 8.02. The molecule has 3 nitrogen and oxygen atoms in total. The van der Waals surface area contributed by atoms with Crippen molar-refractivity contribution in [3.05, 3.63) is 53.7 Å². The van der Waals surface area contributed by atoms with Crippen molar-refractivity contribution in [2.45, 2.75) is 82.8 Å². The molecule has 31 heavy (non-hydrogen) atoms. The topological polar surface area (TPSA) is 36.4 Å². The number of allylic oxidation sites excluding steroid dienone is 1. The summed E-state index contributed by atoms with van der Waals surface area (Å²) in [6.07, 6.45) is 18.4. The summed E-state index contributed by atoms with van der Waals surface area (Å²) in [6.45, 7) is 2.24. The van der Waals surface area contributed by atoms with Gasteiger partial charge in [-0.15, -0.1) is 0 Å². The zero-order valence-corrected chi connectivity index (χ0v) is 18.9. The molecule has 0 spiro atoms. The average molecular weight is 419 g/mol. The maximum absolute atomic E-state index is 11.6. The highest BCUT2D eigenvalue weighted by molar-refractivity contribution is 5.82. The standard InChI is InChI=1S/C28H38N2O/c31-28-25-19-23(29-26-15-11-10-14-24(25)26)13-9-7-5-3-1-2-4-6-8-12-22-20-30-17-16-21(22)18-27(28)30/h8,10-12,14-15,19,21-22,27-28,31H,1-7,9,13,16-18,20H2/t21-,22-,27+,28?/m0/s1. The first-order chi connectivity index (χ1) is 15.3. The lowest BCUT2D eigenvalue weighted by Crippen LogP contribution is -2.54. The first kappa shape index (κ1) is 21.2. The van der Waals surface area contributed by atoms with Gasteiger partial charge in [0.2, 0.25) is 0 Å². The zero-order chi connectivity index (χ0) is 21.0. The number of piperidine rings is 3. The Kier molecular flexibility index (Phi) is 6.71. The Morgan fingerprint density at radius 2 is 1.77 bits per heavy atom. The van der Waals surface area contributed by atoms with Gasteiger partial charge in [0.1, 0.15) is 0 Å². The van der Waals surface area contributed by atoms with Gasteiger partial charge >= 0.3 is 0 Å². The molecule has 1 aromatic heterocycles. The Balaban J connectivity index is 1.45. The van der Waals surface area contributed by atoms with Crippen LogP contribution in [-0.4, -0.2) is 34.1 Å². The summed E-state index contributed by atoms with van der Waals surface area (Å²) in [5.41, 5.74) is 3.29. The Morgan fingerprint density at radius 3 is 2.61 bits per heavy atom. The molecule has 0 radical (unpaired) electrons. The largest absolute Gasteiger partial charge is 0.387 e. The second kappa shape index (κ2) is 9.83. The number of rotatable bonds is 0. The molecular weight excluding hydrogens is 380 g/mol. The molecule has 2 unspecified atom stereocenters. The molecule has 3 fully saturated rings. The molecule has 3 heteroatoms. The van der Waals surface area contributed by atoms with E-state index in [1.807, 2.05) is 0 Å². The lowest BCUT2D eigenvalue weighted by molar-refractivity contribution is -0.0446. The van der Waals surface area contributed by atoms with Crippen molar-refractivity contribution in [1.82, 2.24) is 9.88 Å². The van der Waals surface area contributed by atoms with E-state index in [-0.39, 0.29) is 6.04 Å². The number of aliphatic hydroxyl groups is 1. The van der Waals surface area contributed by atoms with Gasteiger partial charge in [-0.1, -0.05) is 62.5 Å². The number of fused-ring (bicyclic) bond motifs is 11. The van der Waals surface area contributed by atoms with E-state index in [1.54, 1.807) is 0 Å². The molecule has 5 atom stereocenters. The van der Waals surface area contributed by atoms with E-state index in [0.717, 1.165) is 54.0 Å². The van der Waals surface area contributed by atoms with Crippen molar-refractivity contribution in [2.75, 3.05) is 13.1 Å². The van der Waals surface area contributed by atoms with Crippen LogP contribution in [0.15, 0.2) is 42.5 Å². The van der Waals surface area contributed by atoms with Gasteiger partial charge in [0.05, 0.1) is 11.6 Å². The summed E-state index contributed by atoms with van der Waals surface area (Å²) >= 11 is 0. The number of hydrogen-bond donors (Lipinski definition) is 1. The van der Waals surface area contributed by atoms with Gasteiger partial charge in [-0.05, 0) is 74.6 Å². The Morgan fingerprint density at radius 1 is 0.968 bits per heavy atom. The maximum Gasteiger partial charge on any atom is 0.0952 e. The average Bonchev–Trinajstić information content (AvgIpc) is 2.81. The lowest BCUT2D eigenvalue weighted by atomic mass is 9.73. The van der Waals surface area contributed by atoms with Gasteiger partial charge < -0.3 is 5.11 Å². The smallest absolute Gasteiger partial charge is 0.0952 e. The van der Waals surface area contributed by atoms with E-state index in [2.05, 4.69) is 47.4 Å². The number of aryl methyl sites for hydroxylation is 1. The summed E-state index contributed by atoms with van der Waals surface area (Å²) < 4.78 is 0. The summed E-state index contributed by atoms with van der Waals surface area (Å²) in [6, 6.07) is 10.9. The fourth-order valence-electron chi connectivity index (χ4n) is 6.22. The zero-order valence-electron chi connectivity index (χ0n) is 18.9. The molecule has 7 rings (SSSR count). The van der Waals surface area contributed by atoms with E-state index < -0.39 is 6.10 Å². The SMILES string of the molecule is OC1c2cc(nc3ccccc23)CCCCCCCCCC=C[C@H]2CN3CC[C@H]2C[C@H]13. The number of para-hydroxylation sites is 1. The Hall–Kier alpha value is -1.71. The molecule has 2 aromatic rings. The molecule has 1 N–H and O–H groups in total. The first-order valence-corrected chi connectivity index (χ1v) is 12.8. The minimum Gasteiger partial charge on any atom is -0.387 e. The van der Waals surface area contributed by atoms with E-state index in [9.17, 15) is 5.11 Å². The van der Waals surface area contributed by atoms with E-state index in [1.165, 1.54) is 57.8 Å². The fourth-order valence-corrected chi connectivity index (χ4v) is 6.22. The molecule has 6 bridgehead atoms. The van der Waals surface area contributed by atoms with Crippen LogP contribution in [0.5, 0.6) is 0 Å². The van der Waals surface area contributed by atoms with Crippen LogP contribution in [0, 0.1) is 11.8 Å². The molecule has 166 valence electrons. The molecular formula is C28H38N2O. The van der Waals surface area contributed by atoms with Crippen LogP contribution >= 0.6 is 0 Å². The minimum atomic E-state index is -0.429. The third kappa shape index (κ3) is 4.73. The van der Waals surface area contributed by atoms with E-state index >= 15 is 0 Å². The van der Waals surface area contributed by atoms with Crippen LogP contribution in [-0.2, 0) is 6.42 Å². The highest BCUT2D eigenvalue weighted by atomic mass is 16.3. The second-order valence-corrected chi connectivity index (χ2v) is 10.1. The van der Waals surface area contributed by atoms with Crippen LogP contribution in [0.3, 0.4) is 0 Å². The van der Waals surface area contributed by atoms with Crippen molar-refractivity contribution < 1.29 is 5.11 Å². The Bertz CT molecular complexity index is 907. The molecule has 5 heterocycles. The van der Waals surface area contributed by atoms with Crippen molar-refractivity contribution in [1.29, 1.82) is 0 Å². The van der Waals surface area contributed by atoms with Crippen LogP contribution in [0.1, 0.15) is 81.6 Å². The number of pyridine rings is 1. The predicted octanol–water partition coefficient (Wildman–Crippen LogP) is 6.21. The summed E-state index contributed by atoms with van der Waals surface area (Å²) in [4.78, 5) is 7.53. The quantitative estimate of drug-likeness (QED) is 0.517. The van der Waals surface area contributed by atoms with E-state index in [0.29, 0.717) is 5.92 Å². The van der Waals surface area contributed by atoms with Gasteiger partial charge in [-0.25, -0.2) is 0 Å². The first-order valence-electron chi connectivity index (χ1n) is 12.8. The fraction of sp³-hybridized carbons (Fsp3) is 0.607. The number of hydrogen-bond acceptors (Lipinski definition) is 3. The van der Waals surface area contributed by atoms with Crippen molar-refractivity contribution in [3.63, 3.8) is 0 Å². The van der Waals surface area contributed by atoms with Crippen LogP contribution in [0.25, 0.3) is 10.9 Å². The lowest BCUT2D eigenvalue weighted by Gasteiger charge is -2.50. The van der Waals surface area contributed by atoms with Gasteiger partial charge in [-0.3, -0.25) is 9.88 Å². The molecule has 4 aliphatic heterocycles. The van der Waals surface area contributed by atoms with Gasteiger partial charge in [0.15, 0.2) is 0 Å². The van der Waals surface area contributed by atoms with Crippen molar-refractivity contribution in [2.24, 2.45) is 11.8 Å². The van der Waals surface area contributed by atoms with Crippen LogP contribution in [0.4, 0.5) is 0 Å².